The van der Waals surface area contributed by atoms with E-state index < -0.39 is 0 Å². The third-order valence-electron chi connectivity index (χ3n) is 4.28. The van der Waals surface area contributed by atoms with Gasteiger partial charge in [-0.15, -0.1) is 11.3 Å². The van der Waals surface area contributed by atoms with E-state index in [0.717, 1.165) is 38.5 Å². The number of thiazole rings is 1. The Labute approximate surface area is 154 Å². The minimum atomic E-state index is 0.842. The fourth-order valence-corrected chi connectivity index (χ4v) is 4.00. The predicted octanol–water partition coefficient (Wildman–Crippen LogP) is 5.76. The van der Waals surface area contributed by atoms with Crippen molar-refractivity contribution < 1.29 is 0 Å². The monoisotopic (exact) mass is 353 g/mol. The summed E-state index contributed by atoms with van der Waals surface area (Å²) in [5.41, 5.74) is 5.14. The van der Waals surface area contributed by atoms with E-state index in [1.54, 1.807) is 11.3 Å². The Morgan fingerprint density at radius 2 is 1.50 bits per heavy atom. The summed E-state index contributed by atoms with van der Waals surface area (Å²) in [5, 5.41) is 0.967. The highest BCUT2D eigenvalue weighted by atomic mass is 32.1. The number of hydrogen-bond acceptors (Lipinski definition) is 3. The summed E-state index contributed by atoms with van der Waals surface area (Å²) in [6.07, 6.45) is 2.15. The second-order valence-corrected chi connectivity index (χ2v) is 7.09. The van der Waals surface area contributed by atoms with E-state index in [1.807, 2.05) is 60.7 Å². The van der Waals surface area contributed by atoms with Crippen molar-refractivity contribution in [1.82, 2.24) is 15.0 Å². The first kappa shape index (κ1) is 15.0. The molecule has 0 aliphatic heterocycles. The molecule has 0 atom stereocenters. The van der Waals surface area contributed by atoms with Crippen molar-refractivity contribution in [1.29, 1.82) is 0 Å². The maximum absolute atomic E-state index is 4.85. The third-order valence-corrected chi connectivity index (χ3v) is 5.35. The summed E-state index contributed by atoms with van der Waals surface area (Å²) < 4.78 is 1.18. The lowest BCUT2D eigenvalue weighted by Crippen LogP contribution is -1.90. The molecular weight excluding hydrogens is 338 g/mol. The van der Waals surface area contributed by atoms with Crippen LogP contribution >= 0.6 is 11.3 Å². The van der Waals surface area contributed by atoms with E-state index in [-0.39, 0.29) is 0 Å². The van der Waals surface area contributed by atoms with Crippen molar-refractivity contribution in [3.63, 3.8) is 0 Å². The molecule has 26 heavy (non-hydrogen) atoms. The number of hydrogen-bond donors (Lipinski definition) is 1. The number of para-hydroxylation sites is 3. The molecule has 0 spiro atoms. The lowest BCUT2D eigenvalue weighted by atomic mass is 10.1. The average Bonchev–Trinajstić information content (AvgIpc) is 3.30. The van der Waals surface area contributed by atoms with Crippen LogP contribution in [-0.4, -0.2) is 15.0 Å². The van der Waals surface area contributed by atoms with Crippen LogP contribution in [0, 0.1) is 0 Å². The summed E-state index contributed by atoms with van der Waals surface area (Å²) >= 11 is 1.69. The second kappa shape index (κ2) is 6.24. The lowest BCUT2D eigenvalue weighted by Gasteiger charge is -2.01. The van der Waals surface area contributed by atoms with Crippen molar-refractivity contribution in [2.75, 3.05) is 0 Å². The minimum absolute atomic E-state index is 0.842. The van der Waals surface area contributed by atoms with Crippen LogP contribution < -0.4 is 0 Å². The fourth-order valence-electron chi connectivity index (χ4n) is 3.02. The molecular formula is C22H15N3S. The molecule has 2 aromatic heterocycles. The number of nitrogens with zero attached hydrogens (tertiary/aromatic N) is 2. The van der Waals surface area contributed by atoms with Gasteiger partial charge in [0.1, 0.15) is 10.8 Å². The first-order valence-corrected chi connectivity index (χ1v) is 9.26. The van der Waals surface area contributed by atoms with E-state index in [0.29, 0.717) is 0 Å². The fraction of sp³-hybridized carbons (Fsp3) is 0. The van der Waals surface area contributed by atoms with Gasteiger partial charge in [0.25, 0.3) is 0 Å². The molecule has 0 saturated heterocycles. The van der Waals surface area contributed by atoms with Crippen LogP contribution in [0.3, 0.4) is 0 Å². The molecule has 0 saturated carbocycles. The van der Waals surface area contributed by atoms with E-state index in [1.165, 1.54) is 4.70 Å². The van der Waals surface area contributed by atoms with Gasteiger partial charge in [-0.3, -0.25) is 0 Å². The number of aromatic amines is 1. The Morgan fingerprint density at radius 1 is 0.769 bits per heavy atom. The molecule has 4 heteroatoms. The zero-order valence-electron chi connectivity index (χ0n) is 13.9. The third kappa shape index (κ3) is 2.70. The number of imidazole rings is 1. The highest BCUT2D eigenvalue weighted by Gasteiger charge is 2.15. The van der Waals surface area contributed by atoms with Gasteiger partial charge in [0, 0.05) is 0 Å². The number of rotatable bonds is 3. The highest BCUT2D eigenvalue weighted by molar-refractivity contribution is 7.19. The molecule has 0 unspecified atom stereocenters. The number of fused-ring (bicyclic) bond motifs is 2. The van der Waals surface area contributed by atoms with Crippen molar-refractivity contribution in [3.05, 3.63) is 95.3 Å². The van der Waals surface area contributed by atoms with Gasteiger partial charge in [-0.05, 0) is 35.9 Å². The average molecular weight is 353 g/mol. The molecule has 3 nitrogen and oxygen atoms in total. The van der Waals surface area contributed by atoms with Gasteiger partial charge < -0.3 is 4.98 Å². The zero-order valence-corrected chi connectivity index (χ0v) is 14.7. The molecule has 0 amide bonds. The molecule has 0 radical (unpaired) electrons. The standard InChI is InChI=1S/C22H15N3S/c1-2-8-15(9-3-1)14-16(21-23-17-10-4-5-11-18(17)24-21)22-25-19-12-6-7-13-20(19)26-22/h1-14H,(H,23,24)/b16-14+. The molecule has 2 heterocycles. The summed E-state index contributed by atoms with van der Waals surface area (Å²) in [4.78, 5) is 13.1. The van der Waals surface area contributed by atoms with Crippen LogP contribution in [0.5, 0.6) is 0 Å². The number of aromatic nitrogens is 3. The van der Waals surface area contributed by atoms with E-state index in [2.05, 4.69) is 29.3 Å². The van der Waals surface area contributed by atoms with Gasteiger partial charge in [-0.1, -0.05) is 54.6 Å². The summed E-state index contributed by atoms with van der Waals surface area (Å²) in [6.45, 7) is 0. The van der Waals surface area contributed by atoms with Crippen molar-refractivity contribution in [2.45, 2.75) is 0 Å². The Kier molecular flexibility index (Phi) is 3.61. The Balaban J connectivity index is 1.73. The van der Waals surface area contributed by atoms with Crippen LogP contribution in [0.4, 0.5) is 0 Å². The summed E-state index contributed by atoms with van der Waals surface area (Å²) in [7, 11) is 0. The van der Waals surface area contributed by atoms with Gasteiger partial charge in [0.05, 0.1) is 26.8 Å². The molecule has 0 aliphatic rings. The molecule has 0 bridgehead atoms. The normalized spacial score (nSPS) is 12.1. The van der Waals surface area contributed by atoms with Crippen LogP contribution in [0.1, 0.15) is 16.4 Å². The van der Waals surface area contributed by atoms with Gasteiger partial charge in [-0.2, -0.15) is 0 Å². The first-order valence-electron chi connectivity index (χ1n) is 8.45. The number of benzene rings is 3. The second-order valence-electron chi connectivity index (χ2n) is 6.06. The van der Waals surface area contributed by atoms with Crippen molar-refractivity contribution >= 4 is 44.2 Å². The van der Waals surface area contributed by atoms with Gasteiger partial charge >= 0.3 is 0 Å². The van der Waals surface area contributed by atoms with Crippen molar-refractivity contribution in [3.8, 4) is 0 Å². The SMILES string of the molecule is C(=C(/c1nc2ccccc2[nH]1)c1nc2ccccc2s1)/c1ccccc1. The van der Waals surface area contributed by atoms with Crippen molar-refractivity contribution in [2.24, 2.45) is 0 Å². The molecule has 0 fully saturated rings. The molecule has 5 aromatic rings. The van der Waals surface area contributed by atoms with E-state index in [4.69, 9.17) is 9.97 Å². The van der Waals surface area contributed by atoms with Crippen LogP contribution in [-0.2, 0) is 0 Å². The zero-order chi connectivity index (χ0) is 17.3. The van der Waals surface area contributed by atoms with Gasteiger partial charge in [-0.25, -0.2) is 9.97 Å². The van der Waals surface area contributed by atoms with E-state index >= 15 is 0 Å². The minimum Gasteiger partial charge on any atom is -0.338 e. The van der Waals surface area contributed by atoms with Crippen LogP contribution in [0.25, 0.3) is 32.9 Å². The summed E-state index contributed by atoms with van der Waals surface area (Å²) in [5.74, 6) is 0.842. The Bertz CT molecular complexity index is 1090. The summed E-state index contributed by atoms with van der Waals surface area (Å²) in [6, 6.07) is 26.6. The number of nitrogens with one attached hydrogen (secondary N) is 1. The Morgan fingerprint density at radius 3 is 2.31 bits per heavy atom. The highest BCUT2D eigenvalue weighted by Crippen LogP contribution is 2.32. The number of H-pyrrole nitrogens is 1. The molecule has 3 aromatic carbocycles. The first-order chi connectivity index (χ1) is 12.9. The van der Waals surface area contributed by atoms with Crippen LogP contribution in [0.15, 0.2) is 78.9 Å². The largest absolute Gasteiger partial charge is 0.338 e. The molecule has 5 rings (SSSR count). The van der Waals surface area contributed by atoms with Gasteiger partial charge in [0.2, 0.25) is 0 Å². The lowest BCUT2D eigenvalue weighted by molar-refractivity contribution is 1.25. The smallest absolute Gasteiger partial charge is 0.141 e. The quantitative estimate of drug-likeness (QED) is 0.448. The topological polar surface area (TPSA) is 41.6 Å². The Hall–Kier alpha value is -3.24. The molecule has 1 N–H and O–H groups in total. The maximum atomic E-state index is 4.85. The van der Waals surface area contributed by atoms with Gasteiger partial charge in [0.15, 0.2) is 0 Å². The maximum Gasteiger partial charge on any atom is 0.141 e. The van der Waals surface area contributed by atoms with E-state index in [9.17, 15) is 0 Å². The molecule has 0 aliphatic carbocycles. The predicted molar refractivity (Wildman–Crippen MR) is 109 cm³/mol. The molecule has 124 valence electrons. The van der Waals surface area contributed by atoms with Crippen LogP contribution in [0.2, 0.25) is 0 Å².